The zero-order valence-corrected chi connectivity index (χ0v) is 9.16. The van der Waals surface area contributed by atoms with Gasteiger partial charge in [-0.25, -0.2) is 0 Å². The second-order valence-corrected chi connectivity index (χ2v) is 3.38. The molecule has 0 fully saturated rings. The van der Waals surface area contributed by atoms with Crippen molar-refractivity contribution in [2.24, 2.45) is 0 Å². The molecule has 0 unspecified atom stereocenters. The first kappa shape index (κ1) is 11.3. The zero-order valence-electron chi connectivity index (χ0n) is 9.16. The average molecular weight is 206 g/mol. The monoisotopic (exact) mass is 206 g/mol. The lowest BCUT2D eigenvalue weighted by molar-refractivity contribution is -0.131. The molecule has 0 saturated carbocycles. The highest BCUT2D eigenvalue weighted by Crippen LogP contribution is 2.23. The molecule has 3 nitrogen and oxygen atoms in total. The maximum Gasteiger partial charge on any atom is 0.308 e. The standard InChI is InChI=1S/C12H14O3/c1-8(2)14-11-5-9(3)6-12(7-11)15-10(4)13/h5-7H,1H2,2-4H3. The Morgan fingerprint density at radius 3 is 2.13 bits per heavy atom. The smallest absolute Gasteiger partial charge is 0.308 e. The van der Waals surface area contributed by atoms with Crippen LogP contribution >= 0.6 is 0 Å². The molecule has 3 heteroatoms. The van der Waals surface area contributed by atoms with Crippen LogP contribution in [0, 0.1) is 6.92 Å². The summed E-state index contributed by atoms with van der Waals surface area (Å²) in [5.74, 6) is 1.36. The molecule has 0 bridgehead atoms. The van der Waals surface area contributed by atoms with Crippen molar-refractivity contribution in [3.8, 4) is 11.5 Å². The molecule has 0 aliphatic rings. The van der Waals surface area contributed by atoms with Gasteiger partial charge in [0.05, 0.1) is 5.76 Å². The van der Waals surface area contributed by atoms with Crippen molar-refractivity contribution in [3.05, 3.63) is 36.1 Å². The number of carbonyl (C=O) groups is 1. The van der Waals surface area contributed by atoms with Crippen molar-refractivity contribution < 1.29 is 14.3 Å². The summed E-state index contributed by atoms with van der Waals surface area (Å²) in [6, 6.07) is 5.28. The van der Waals surface area contributed by atoms with Gasteiger partial charge in [-0.3, -0.25) is 4.79 Å². The van der Waals surface area contributed by atoms with Crippen molar-refractivity contribution in [1.29, 1.82) is 0 Å². The molecule has 15 heavy (non-hydrogen) atoms. The topological polar surface area (TPSA) is 35.5 Å². The minimum absolute atomic E-state index is 0.345. The highest BCUT2D eigenvalue weighted by molar-refractivity contribution is 5.69. The summed E-state index contributed by atoms with van der Waals surface area (Å²) in [5.41, 5.74) is 0.963. The second-order valence-electron chi connectivity index (χ2n) is 3.38. The third-order valence-corrected chi connectivity index (χ3v) is 1.58. The van der Waals surface area contributed by atoms with Gasteiger partial charge in [0.15, 0.2) is 0 Å². The van der Waals surface area contributed by atoms with Crippen LogP contribution in [0.2, 0.25) is 0 Å². The van der Waals surface area contributed by atoms with Gasteiger partial charge in [0, 0.05) is 13.0 Å². The Kier molecular flexibility index (Phi) is 3.50. The van der Waals surface area contributed by atoms with Gasteiger partial charge in [-0.05, 0) is 31.5 Å². The summed E-state index contributed by atoms with van der Waals surface area (Å²) in [4.78, 5) is 10.8. The Bertz CT molecular complexity index is 360. The zero-order chi connectivity index (χ0) is 11.4. The molecule has 0 atom stereocenters. The van der Waals surface area contributed by atoms with Gasteiger partial charge in [-0.2, -0.15) is 0 Å². The van der Waals surface area contributed by atoms with Crippen LogP contribution in [0.15, 0.2) is 30.5 Å². The fourth-order valence-electron chi connectivity index (χ4n) is 1.20. The molecular weight excluding hydrogens is 192 g/mol. The predicted molar refractivity (Wildman–Crippen MR) is 57.9 cm³/mol. The lowest BCUT2D eigenvalue weighted by Crippen LogP contribution is -2.02. The van der Waals surface area contributed by atoms with E-state index < -0.39 is 0 Å². The van der Waals surface area contributed by atoms with E-state index in [0.717, 1.165) is 5.56 Å². The Balaban J connectivity index is 2.94. The van der Waals surface area contributed by atoms with Gasteiger partial charge in [0.1, 0.15) is 11.5 Å². The summed E-state index contributed by atoms with van der Waals surface area (Å²) in [6.07, 6.45) is 0. The molecule has 0 saturated heterocycles. The largest absolute Gasteiger partial charge is 0.463 e. The van der Waals surface area contributed by atoms with E-state index in [9.17, 15) is 4.79 Å². The molecule has 0 spiro atoms. The highest BCUT2D eigenvalue weighted by Gasteiger charge is 2.03. The minimum atomic E-state index is -0.345. The fraction of sp³-hybridized carbons (Fsp3) is 0.250. The molecule has 0 radical (unpaired) electrons. The summed E-state index contributed by atoms with van der Waals surface area (Å²) in [7, 11) is 0. The molecule has 80 valence electrons. The lowest BCUT2D eigenvalue weighted by Gasteiger charge is -2.08. The number of hydrogen-bond donors (Lipinski definition) is 0. The summed E-state index contributed by atoms with van der Waals surface area (Å²) in [6.45, 7) is 8.66. The maximum absolute atomic E-state index is 10.8. The molecule has 1 rings (SSSR count). The number of esters is 1. The molecule has 0 amide bonds. The molecule has 0 N–H and O–H groups in total. The van der Waals surface area contributed by atoms with Gasteiger partial charge in [-0.15, -0.1) is 0 Å². The first-order valence-electron chi connectivity index (χ1n) is 4.61. The predicted octanol–water partition coefficient (Wildman–Crippen LogP) is 2.83. The van der Waals surface area contributed by atoms with Crippen LogP contribution in [-0.2, 0) is 4.79 Å². The number of rotatable bonds is 3. The normalized spacial score (nSPS) is 9.53. The molecule has 0 aliphatic heterocycles. The third kappa shape index (κ3) is 3.85. The van der Waals surface area contributed by atoms with E-state index in [1.165, 1.54) is 6.92 Å². The van der Waals surface area contributed by atoms with Gasteiger partial charge < -0.3 is 9.47 Å². The number of carbonyl (C=O) groups excluding carboxylic acids is 1. The van der Waals surface area contributed by atoms with E-state index in [0.29, 0.717) is 17.3 Å². The summed E-state index contributed by atoms with van der Waals surface area (Å²) in [5, 5.41) is 0. The van der Waals surface area contributed by atoms with Crippen LogP contribution in [0.4, 0.5) is 0 Å². The molecular formula is C12H14O3. The van der Waals surface area contributed by atoms with Crippen LogP contribution in [0.5, 0.6) is 11.5 Å². The number of hydrogen-bond acceptors (Lipinski definition) is 3. The van der Waals surface area contributed by atoms with Crippen molar-refractivity contribution in [2.75, 3.05) is 0 Å². The van der Waals surface area contributed by atoms with Crippen LogP contribution in [0.3, 0.4) is 0 Å². The van der Waals surface area contributed by atoms with Crippen LogP contribution in [0.25, 0.3) is 0 Å². The maximum atomic E-state index is 10.8. The van der Waals surface area contributed by atoms with E-state index in [2.05, 4.69) is 6.58 Å². The molecule has 0 heterocycles. The molecule has 1 aromatic carbocycles. The van der Waals surface area contributed by atoms with E-state index in [4.69, 9.17) is 9.47 Å². The average Bonchev–Trinajstić information content (AvgIpc) is 1.98. The van der Waals surface area contributed by atoms with Gasteiger partial charge >= 0.3 is 5.97 Å². The van der Waals surface area contributed by atoms with Gasteiger partial charge in [0.2, 0.25) is 0 Å². The number of benzene rings is 1. The van der Waals surface area contributed by atoms with Gasteiger partial charge in [-0.1, -0.05) is 6.58 Å². The van der Waals surface area contributed by atoms with Crippen molar-refractivity contribution in [1.82, 2.24) is 0 Å². The van der Waals surface area contributed by atoms with Crippen LogP contribution in [-0.4, -0.2) is 5.97 Å². The van der Waals surface area contributed by atoms with Crippen molar-refractivity contribution in [3.63, 3.8) is 0 Å². The minimum Gasteiger partial charge on any atom is -0.463 e. The SMILES string of the molecule is C=C(C)Oc1cc(C)cc(OC(C)=O)c1. The number of aryl methyl sites for hydroxylation is 1. The summed E-state index contributed by atoms with van der Waals surface area (Å²) < 4.78 is 10.3. The van der Waals surface area contributed by atoms with E-state index >= 15 is 0 Å². The summed E-state index contributed by atoms with van der Waals surface area (Å²) >= 11 is 0. The number of ether oxygens (including phenoxy) is 2. The third-order valence-electron chi connectivity index (χ3n) is 1.58. The number of allylic oxidation sites excluding steroid dienone is 1. The first-order valence-corrected chi connectivity index (χ1v) is 4.61. The Morgan fingerprint density at radius 1 is 1.13 bits per heavy atom. The van der Waals surface area contributed by atoms with Crippen LogP contribution in [0.1, 0.15) is 19.4 Å². The Hall–Kier alpha value is -1.77. The Morgan fingerprint density at radius 2 is 1.67 bits per heavy atom. The lowest BCUT2D eigenvalue weighted by atomic mass is 10.2. The molecule has 0 aliphatic carbocycles. The van der Waals surface area contributed by atoms with E-state index in [1.807, 2.05) is 13.0 Å². The van der Waals surface area contributed by atoms with Crippen molar-refractivity contribution in [2.45, 2.75) is 20.8 Å². The quantitative estimate of drug-likeness (QED) is 0.433. The highest BCUT2D eigenvalue weighted by atomic mass is 16.5. The van der Waals surface area contributed by atoms with E-state index in [1.54, 1.807) is 19.1 Å². The van der Waals surface area contributed by atoms with Crippen molar-refractivity contribution >= 4 is 5.97 Å². The first-order chi connectivity index (χ1) is 6.97. The fourth-order valence-corrected chi connectivity index (χ4v) is 1.20. The molecule has 0 aromatic heterocycles. The van der Waals surface area contributed by atoms with Crippen LogP contribution < -0.4 is 9.47 Å². The van der Waals surface area contributed by atoms with Gasteiger partial charge in [0.25, 0.3) is 0 Å². The van der Waals surface area contributed by atoms with E-state index in [-0.39, 0.29) is 5.97 Å². The Labute approximate surface area is 89.3 Å². The second kappa shape index (κ2) is 4.64. The molecule has 1 aromatic rings.